The van der Waals surface area contributed by atoms with Crippen LogP contribution in [0.25, 0.3) is 0 Å². The van der Waals surface area contributed by atoms with E-state index >= 15 is 0 Å². The molecule has 0 radical (unpaired) electrons. The normalized spacial score (nSPS) is 13.6. The van der Waals surface area contributed by atoms with Crippen LogP contribution in [0.3, 0.4) is 0 Å². The Bertz CT molecular complexity index is 505. The fourth-order valence-corrected chi connectivity index (χ4v) is 3.24. The number of rotatable bonds is 6. The Morgan fingerprint density at radius 1 is 1.39 bits per heavy atom. The van der Waals surface area contributed by atoms with Crippen molar-refractivity contribution in [2.45, 2.75) is 30.8 Å². The average molecular weight is 312 g/mol. The van der Waals surface area contributed by atoms with E-state index in [2.05, 4.69) is 4.72 Å². The van der Waals surface area contributed by atoms with Crippen molar-refractivity contribution in [1.82, 2.24) is 4.72 Å². The van der Waals surface area contributed by atoms with Crippen molar-refractivity contribution in [3.63, 3.8) is 0 Å². The first-order valence-corrected chi connectivity index (χ1v) is 7.74. The fourth-order valence-electron chi connectivity index (χ4n) is 1.41. The third-order valence-electron chi connectivity index (χ3n) is 2.34. The van der Waals surface area contributed by atoms with Crippen LogP contribution in [-0.2, 0) is 10.0 Å². The molecule has 0 saturated carbocycles. The van der Waals surface area contributed by atoms with Gasteiger partial charge in [0.15, 0.2) is 0 Å². The lowest BCUT2D eigenvalue weighted by atomic mass is 10.2. The topological polar surface area (TPSA) is 66.4 Å². The summed E-state index contributed by atoms with van der Waals surface area (Å²) in [5.74, 6) is 0. The number of hydrogen-bond donors (Lipinski definition) is 2. The van der Waals surface area contributed by atoms with Gasteiger partial charge in [0.1, 0.15) is 4.90 Å². The summed E-state index contributed by atoms with van der Waals surface area (Å²) in [7, 11) is -3.75. The second-order valence-corrected chi connectivity index (χ2v) is 6.37. The number of benzene rings is 1. The van der Waals surface area contributed by atoms with Crippen molar-refractivity contribution in [2.24, 2.45) is 0 Å². The quantitative estimate of drug-likeness (QED) is 0.848. The molecular formula is C11H15Cl2NO3S. The minimum atomic E-state index is -3.75. The molecule has 0 heterocycles. The maximum Gasteiger partial charge on any atom is 0.242 e. The molecule has 0 saturated heterocycles. The summed E-state index contributed by atoms with van der Waals surface area (Å²) in [6.45, 7) is 1.87. The van der Waals surface area contributed by atoms with Crippen LogP contribution in [0.4, 0.5) is 0 Å². The molecule has 2 N–H and O–H groups in total. The average Bonchev–Trinajstić information content (AvgIpc) is 2.30. The minimum absolute atomic E-state index is 0.0170. The third-order valence-corrected chi connectivity index (χ3v) is 4.73. The molecule has 0 amide bonds. The zero-order chi connectivity index (χ0) is 13.8. The molecule has 0 aliphatic rings. The highest BCUT2D eigenvalue weighted by Crippen LogP contribution is 2.28. The Hall–Kier alpha value is -0.330. The Labute approximate surface area is 117 Å². The van der Waals surface area contributed by atoms with Crippen LogP contribution in [0.2, 0.25) is 10.0 Å². The third kappa shape index (κ3) is 4.10. The van der Waals surface area contributed by atoms with E-state index < -0.39 is 16.1 Å². The molecular weight excluding hydrogens is 297 g/mol. The van der Waals surface area contributed by atoms with Gasteiger partial charge in [0.05, 0.1) is 16.1 Å². The standard InChI is InChI=1S/C11H15Cl2NO3S/c1-2-4-8(15)7-14-18(16,17)10-6-3-5-9(12)11(10)13/h3,5-6,8,14-15H,2,4,7H2,1H3. The van der Waals surface area contributed by atoms with E-state index in [0.717, 1.165) is 6.42 Å². The number of aliphatic hydroxyl groups excluding tert-OH is 1. The number of halogens is 2. The lowest BCUT2D eigenvalue weighted by Gasteiger charge is -2.12. The number of nitrogens with one attached hydrogen (secondary N) is 1. The van der Waals surface area contributed by atoms with Gasteiger partial charge in [-0.05, 0) is 18.6 Å². The monoisotopic (exact) mass is 311 g/mol. The van der Waals surface area contributed by atoms with Crippen LogP contribution < -0.4 is 4.72 Å². The van der Waals surface area contributed by atoms with Crippen molar-refractivity contribution in [3.05, 3.63) is 28.2 Å². The molecule has 0 aromatic heterocycles. The predicted octanol–water partition coefficient (Wildman–Crippen LogP) is 2.43. The molecule has 1 aromatic rings. The van der Waals surface area contributed by atoms with E-state index in [0.29, 0.717) is 6.42 Å². The number of aliphatic hydroxyl groups is 1. The van der Waals surface area contributed by atoms with Gasteiger partial charge in [-0.2, -0.15) is 0 Å². The Balaban J connectivity index is 2.84. The molecule has 18 heavy (non-hydrogen) atoms. The van der Waals surface area contributed by atoms with Gasteiger partial charge in [-0.1, -0.05) is 42.6 Å². The molecule has 102 valence electrons. The zero-order valence-corrected chi connectivity index (χ0v) is 12.2. The van der Waals surface area contributed by atoms with Gasteiger partial charge in [-0.15, -0.1) is 0 Å². The first kappa shape index (κ1) is 15.7. The Morgan fingerprint density at radius 2 is 2.06 bits per heavy atom. The molecule has 0 aliphatic carbocycles. The van der Waals surface area contributed by atoms with E-state index in [9.17, 15) is 13.5 Å². The molecule has 7 heteroatoms. The van der Waals surface area contributed by atoms with E-state index in [1.54, 1.807) is 0 Å². The molecule has 0 bridgehead atoms. The van der Waals surface area contributed by atoms with E-state index in [-0.39, 0.29) is 21.5 Å². The van der Waals surface area contributed by atoms with E-state index in [4.69, 9.17) is 23.2 Å². The largest absolute Gasteiger partial charge is 0.392 e. The SMILES string of the molecule is CCCC(O)CNS(=O)(=O)c1cccc(Cl)c1Cl. The molecule has 0 spiro atoms. The van der Waals surface area contributed by atoms with Gasteiger partial charge in [0.25, 0.3) is 0 Å². The van der Waals surface area contributed by atoms with Crippen LogP contribution >= 0.6 is 23.2 Å². The Kier molecular flexibility index (Phi) is 5.88. The summed E-state index contributed by atoms with van der Waals surface area (Å²) in [4.78, 5) is -0.0830. The first-order valence-electron chi connectivity index (χ1n) is 5.50. The van der Waals surface area contributed by atoms with Gasteiger partial charge in [0, 0.05) is 6.54 Å². The summed E-state index contributed by atoms with van der Waals surface area (Å²) >= 11 is 11.6. The van der Waals surface area contributed by atoms with Crippen molar-refractivity contribution in [3.8, 4) is 0 Å². The van der Waals surface area contributed by atoms with Crippen LogP contribution in [-0.4, -0.2) is 26.2 Å². The molecule has 0 aliphatic heterocycles. The highest BCUT2D eigenvalue weighted by Gasteiger charge is 2.20. The maximum absolute atomic E-state index is 11.9. The van der Waals surface area contributed by atoms with Crippen LogP contribution in [0.1, 0.15) is 19.8 Å². The van der Waals surface area contributed by atoms with Crippen molar-refractivity contribution >= 4 is 33.2 Å². The molecule has 4 nitrogen and oxygen atoms in total. The van der Waals surface area contributed by atoms with Gasteiger partial charge < -0.3 is 5.11 Å². The van der Waals surface area contributed by atoms with Gasteiger partial charge in [0.2, 0.25) is 10.0 Å². The van der Waals surface area contributed by atoms with Crippen molar-refractivity contribution < 1.29 is 13.5 Å². The van der Waals surface area contributed by atoms with Crippen molar-refractivity contribution in [2.75, 3.05) is 6.54 Å². The minimum Gasteiger partial charge on any atom is -0.392 e. The first-order chi connectivity index (χ1) is 8.38. The fraction of sp³-hybridized carbons (Fsp3) is 0.455. The van der Waals surface area contributed by atoms with Crippen LogP contribution in [0.5, 0.6) is 0 Å². The molecule has 1 aromatic carbocycles. The van der Waals surface area contributed by atoms with E-state index in [1.165, 1.54) is 18.2 Å². The summed E-state index contributed by atoms with van der Waals surface area (Å²) in [6.07, 6.45) is 0.606. The van der Waals surface area contributed by atoms with Gasteiger partial charge in [-0.25, -0.2) is 13.1 Å². The maximum atomic E-state index is 11.9. The second kappa shape index (κ2) is 6.73. The van der Waals surface area contributed by atoms with Gasteiger partial charge in [-0.3, -0.25) is 0 Å². The van der Waals surface area contributed by atoms with Crippen LogP contribution in [0, 0.1) is 0 Å². The molecule has 0 fully saturated rings. The number of sulfonamides is 1. The molecule has 1 atom stereocenters. The summed E-state index contributed by atoms with van der Waals surface area (Å²) in [5, 5.41) is 9.65. The highest BCUT2D eigenvalue weighted by molar-refractivity contribution is 7.89. The molecule has 1 unspecified atom stereocenters. The van der Waals surface area contributed by atoms with Gasteiger partial charge >= 0.3 is 0 Å². The van der Waals surface area contributed by atoms with E-state index in [1.807, 2.05) is 6.92 Å². The summed E-state index contributed by atoms with van der Waals surface area (Å²) in [6, 6.07) is 4.38. The molecule has 1 rings (SSSR count). The number of hydrogen-bond acceptors (Lipinski definition) is 3. The lowest BCUT2D eigenvalue weighted by Crippen LogP contribution is -2.32. The highest BCUT2D eigenvalue weighted by atomic mass is 35.5. The smallest absolute Gasteiger partial charge is 0.242 e. The Morgan fingerprint density at radius 3 is 2.67 bits per heavy atom. The van der Waals surface area contributed by atoms with Crippen LogP contribution in [0.15, 0.2) is 23.1 Å². The predicted molar refractivity (Wildman–Crippen MR) is 72.6 cm³/mol. The lowest BCUT2D eigenvalue weighted by molar-refractivity contribution is 0.167. The summed E-state index contributed by atoms with van der Waals surface area (Å²) < 4.78 is 26.2. The second-order valence-electron chi connectivity index (χ2n) is 3.85. The van der Waals surface area contributed by atoms with Crippen molar-refractivity contribution in [1.29, 1.82) is 0 Å². The summed E-state index contributed by atoms with van der Waals surface area (Å²) in [5.41, 5.74) is 0. The zero-order valence-electron chi connectivity index (χ0n) is 9.86.